The summed E-state index contributed by atoms with van der Waals surface area (Å²) in [5, 5.41) is 1.16. The molecule has 2 N–H and O–H groups in total. The van der Waals surface area contributed by atoms with E-state index >= 15 is 0 Å². The van der Waals surface area contributed by atoms with Crippen LogP contribution in [-0.2, 0) is 4.74 Å². The number of rotatable bonds is 7. The molecule has 116 valence electrons. The molecule has 0 saturated heterocycles. The second-order valence-electron chi connectivity index (χ2n) is 5.64. The van der Waals surface area contributed by atoms with Crippen molar-refractivity contribution < 1.29 is 9.15 Å². The summed E-state index contributed by atoms with van der Waals surface area (Å²) >= 11 is 0. The Morgan fingerprint density at radius 3 is 2.62 bits per heavy atom. The average molecular weight is 290 g/mol. The van der Waals surface area contributed by atoms with Crippen LogP contribution in [0.4, 0.5) is 0 Å². The number of hydrogen-bond acceptors (Lipinski definition) is 4. The summed E-state index contributed by atoms with van der Waals surface area (Å²) in [6.45, 7) is 8.52. The lowest BCUT2D eigenvalue weighted by Gasteiger charge is -2.34. The van der Waals surface area contributed by atoms with Crippen LogP contribution in [0.15, 0.2) is 28.7 Å². The minimum atomic E-state index is 0.142. The van der Waals surface area contributed by atoms with Crippen LogP contribution in [0.25, 0.3) is 11.0 Å². The van der Waals surface area contributed by atoms with Crippen molar-refractivity contribution in [3.8, 4) is 0 Å². The number of fused-ring (bicyclic) bond motifs is 1. The van der Waals surface area contributed by atoms with E-state index in [2.05, 4.69) is 24.8 Å². The first-order valence-corrected chi connectivity index (χ1v) is 7.53. The number of nitrogens with zero attached hydrogens (tertiary/aromatic N) is 1. The zero-order valence-electron chi connectivity index (χ0n) is 13.4. The van der Waals surface area contributed by atoms with E-state index in [9.17, 15) is 0 Å². The molecule has 0 fully saturated rings. The second kappa shape index (κ2) is 7.07. The lowest BCUT2D eigenvalue weighted by Crippen LogP contribution is -2.40. The maximum Gasteiger partial charge on any atom is 0.134 e. The van der Waals surface area contributed by atoms with Gasteiger partial charge in [0.1, 0.15) is 11.3 Å². The monoisotopic (exact) mass is 290 g/mol. The van der Waals surface area contributed by atoms with E-state index in [1.165, 1.54) is 5.56 Å². The average Bonchev–Trinajstić information content (AvgIpc) is 2.79. The zero-order valence-corrected chi connectivity index (χ0v) is 13.4. The van der Waals surface area contributed by atoms with Gasteiger partial charge in [-0.25, -0.2) is 0 Å². The molecule has 2 aromatic rings. The van der Waals surface area contributed by atoms with Crippen molar-refractivity contribution in [1.29, 1.82) is 0 Å². The lowest BCUT2D eigenvalue weighted by atomic mass is 10.00. The summed E-state index contributed by atoms with van der Waals surface area (Å²) in [4.78, 5) is 2.38. The Balaban J connectivity index is 2.44. The van der Waals surface area contributed by atoms with Gasteiger partial charge in [-0.2, -0.15) is 0 Å². The van der Waals surface area contributed by atoms with Gasteiger partial charge in [-0.1, -0.05) is 18.2 Å². The largest absolute Gasteiger partial charge is 0.461 e. The van der Waals surface area contributed by atoms with Crippen LogP contribution in [0, 0.1) is 6.92 Å². The Kier molecular flexibility index (Phi) is 5.39. The number of benzene rings is 1. The molecule has 0 aliphatic heterocycles. The summed E-state index contributed by atoms with van der Waals surface area (Å²) in [5.41, 5.74) is 8.25. The molecule has 0 aliphatic carbocycles. The number of hydrogen-bond donors (Lipinski definition) is 1. The fourth-order valence-electron chi connectivity index (χ4n) is 2.99. The normalized spacial score (nSPS) is 13.5. The number of furan rings is 1. The van der Waals surface area contributed by atoms with Crippen LogP contribution in [0.5, 0.6) is 0 Å². The minimum Gasteiger partial charge on any atom is -0.461 e. The fraction of sp³-hybridized carbons (Fsp3) is 0.529. The molecule has 1 aromatic carbocycles. The molecule has 0 amide bonds. The highest BCUT2D eigenvalue weighted by atomic mass is 16.5. The van der Waals surface area contributed by atoms with Gasteiger partial charge in [-0.05, 0) is 26.8 Å². The summed E-state index contributed by atoms with van der Waals surface area (Å²) in [6, 6.07) is 8.69. The Bertz CT molecular complexity index is 577. The van der Waals surface area contributed by atoms with Crippen molar-refractivity contribution in [3.05, 3.63) is 35.6 Å². The van der Waals surface area contributed by atoms with Gasteiger partial charge in [0.25, 0.3) is 0 Å². The number of ether oxygens (including phenoxy) is 1. The Hall–Kier alpha value is -1.36. The van der Waals surface area contributed by atoms with Crippen molar-refractivity contribution in [2.45, 2.75) is 32.9 Å². The van der Waals surface area contributed by atoms with Crippen molar-refractivity contribution in [3.63, 3.8) is 0 Å². The molecule has 0 bridgehead atoms. The van der Waals surface area contributed by atoms with Crippen LogP contribution in [0.3, 0.4) is 0 Å². The predicted octanol–water partition coefficient (Wildman–Crippen LogP) is 3.10. The van der Waals surface area contributed by atoms with Gasteiger partial charge >= 0.3 is 0 Å². The predicted molar refractivity (Wildman–Crippen MR) is 86.5 cm³/mol. The summed E-state index contributed by atoms with van der Waals surface area (Å²) in [5.74, 6) is 0.953. The third-order valence-corrected chi connectivity index (χ3v) is 3.99. The molecule has 0 radical (unpaired) electrons. The highest BCUT2D eigenvalue weighted by molar-refractivity contribution is 5.82. The summed E-state index contributed by atoms with van der Waals surface area (Å²) < 4.78 is 11.1. The lowest BCUT2D eigenvalue weighted by molar-refractivity contribution is 0.0978. The Labute approximate surface area is 126 Å². The molecule has 21 heavy (non-hydrogen) atoms. The molecule has 1 aromatic heterocycles. The molecule has 2 rings (SSSR count). The van der Waals surface area contributed by atoms with E-state index in [-0.39, 0.29) is 6.04 Å². The Morgan fingerprint density at radius 1 is 1.29 bits per heavy atom. The van der Waals surface area contributed by atoms with Gasteiger partial charge in [0.2, 0.25) is 0 Å². The van der Waals surface area contributed by atoms with Crippen LogP contribution in [0.1, 0.15) is 31.2 Å². The van der Waals surface area contributed by atoms with Crippen LogP contribution in [-0.4, -0.2) is 37.7 Å². The second-order valence-corrected chi connectivity index (χ2v) is 5.64. The SMILES string of the molecule is COCCN(C(C)C)C(CN)c1c(C)oc2ccccc12. The fourth-order valence-corrected chi connectivity index (χ4v) is 2.99. The van der Waals surface area contributed by atoms with Crippen LogP contribution in [0.2, 0.25) is 0 Å². The highest BCUT2D eigenvalue weighted by Gasteiger charge is 2.26. The molecular formula is C17H26N2O2. The third-order valence-electron chi connectivity index (χ3n) is 3.99. The van der Waals surface area contributed by atoms with E-state index < -0.39 is 0 Å². The van der Waals surface area contributed by atoms with Crippen molar-refractivity contribution >= 4 is 11.0 Å². The minimum absolute atomic E-state index is 0.142. The number of methoxy groups -OCH3 is 1. The maximum atomic E-state index is 6.11. The zero-order chi connectivity index (χ0) is 15.4. The molecule has 1 atom stereocenters. The molecule has 0 spiro atoms. The van der Waals surface area contributed by atoms with Crippen molar-refractivity contribution in [1.82, 2.24) is 4.90 Å². The van der Waals surface area contributed by atoms with Crippen molar-refractivity contribution in [2.24, 2.45) is 5.73 Å². The quantitative estimate of drug-likeness (QED) is 0.851. The molecular weight excluding hydrogens is 264 g/mol. The first-order valence-electron chi connectivity index (χ1n) is 7.53. The Morgan fingerprint density at radius 2 is 2.00 bits per heavy atom. The van der Waals surface area contributed by atoms with E-state index in [1.54, 1.807) is 7.11 Å². The molecule has 4 nitrogen and oxygen atoms in total. The summed E-state index contributed by atoms with van der Waals surface area (Å²) in [6.07, 6.45) is 0. The molecule has 0 saturated carbocycles. The third kappa shape index (κ3) is 3.28. The summed E-state index contributed by atoms with van der Waals surface area (Å²) in [7, 11) is 1.73. The molecule has 4 heteroatoms. The van der Waals surface area contributed by atoms with Gasteiger partial charge in [0, 0.05) is 37.2 Å². The first kappa shape index (κ1) is 16.0. The van der Waals surface area contributed by atoms with Gasteiger partial charge < -0.3 is 14.9 Å². The van der Waals surface area contributed by atoms with E-state index in [0.717, 1.165) is 23.3 Å². The van der Waals surface area contributed by atoms with E-state index in [4.69, 9.17) is 14.9 Å². The molecule has 1 unspecified atom stereocenters. The number of aryl methyl sites for hydroxylation is 1. The van der Waals surface area contributed by atoms with Crippen molar-refractivity contribution in [2.75, 3.05) is 26.8 Å². The van der Waals surface area contributed by atoms with Crippen LogP contribution >= 0.6 is 0 Å². The van der Waals surface area contributed by atoms with Gasteiger partial charge in [0.05, 0.1) is 12.6 Å². The number of para-hydroxylation sites is 1. The molecule has 1 heterocycles. The topological polar surface area (TPSA) is 51.6 Å². The maximum absolute atomic E-state index is 6.11. The standard InChI is InChI=1S/C17H26N2O2/c1-12(2)19(9-10-20-4)15(11-18)17-13(3)21-16-8-6-5-7-14(16)17/h5-8,12,15H,9-11,18H2,1-4H3. The van der Waals surface area contributed by atoms with E-state index in [1.807, 2.05) is 25.1 Å². The van der Waals surface area contributed by atoms with Gasteiger partial charge in [-0.3, -0.25) is 4.90 Å². The first-order chi connectivity index (χ1) is 10.1. The van der Waals surface area contributed by atoms with Crippen LogP contribution < -0.4 is 5.73 Å². The van der Waals surface area contributed by atoms with Gasteiger partial charge in [0.15, 0.2) is 0 Å². The molecule has 0 aliphatic rings. The smallest absolute Gasteiger partial charge is 0.134 e. The van der Waals surface area contributed by atoms with E-state index in [0.29, 0.717) is 19.2 Å². The van der Waals surface area contributed by atoms with Gasteiger partial charge in [-0.15, -0.1) is 0 Å². The highest BCUT2D eigenvalue weighted by Crippen LogP contribution is 2.33. The number of nitrogens with two attached hydrogens (primary N) is 1.